The number of anilines is 2. The van der Waals surface area contributed by atoms with Crippen LogP contribution in [0, 0.1) is 5.92 Å². The van der Waals surface area contributed by atoms with E-state index in [0.717, 1.165) is 5.39 Å². The molecule has 3 aromatic carbocycles. The lowest BCUT2D eigenvalue weighted by atomic mass is 9.99. The Hall–Kier alpha value is -3.39. The van der Waals surface area contributed by atoms with Crippen LogP contribution in [0.15, 0.2) is 65.6 Å². The average Bonchev–Trinajstić information content (AvgIpc) is 2.71. The van der Waals surface area contributed by atoms with Gasteiger partial charge in [-0.25, -0.2) is 8.42 Å². The number of carbonyl (C=O) groups excluding carboxylic acids is 2. The average molecular weight is 423 g/mol. The molecule has 0 fully saturated rings. The molecule has 2 amide bonds. The van der Waals surface area contributed by atoms with Crippen LogP contribution >= 0.6 is 0 Å². The van der Waals surface area contributed by atoms with Crippen LogP contribution in [0.5, 0.6) is 0 Å². The topological polar surface area (TPSA) is 110 Å². The van der Waals surface area contributed by atoms with Crippen molar-refractivity contribution in [1.29, 1.82) is 0 Å². The molecule has 8 heteroatoms. The third kappa shape index (κ3) is 3.09. The smallest absolute Gasteiger partial charge is 0.265 e. The van der Waals surface area contributed by atoms with E-state index in [1.165, 1.54) is 22.5 Å². The molecular weight excluding hydrogens is 402 g/mol. The Kier molecular flexibility index (Phi) is 4.74. The first-order valence-electron chi connectivity index (χ1n) is 9.48. The predicted octanol–water partition coefficient (Wildman–Crippen LogP) is 3.11. The highest BCUT2D eigenvalue weighted by molar-refractivity contribution is 7.93. The molecule has 0 spiro atoms. The molecule has 1 aliphatic heterocycles. The van der Waals surface area contributed by atoms with Crippen LogP contribution in [-0.2, 0) is 14.8 Å². The number of hydrogen-bond acceptors (Lipinski definition) is 4. The molecule has 1 unspecified atom stereocenters. The second-order valence-corrected chi connectivity index (χ2v) is 9.34. The van der Waals surface area contributed by atoms with Gasteiger partial charge < -0.3 is 11.1 Å². The molecule has 1 heterocycles. The van der Waals surface area contributed by atoms with E-state index in [9.17, 15) is 18.0 Å². The van der Waals surface area contributed by atoms with Gasteiger partial charge in [-0.05, 0) is 35.6 Å². The molecule has 30 heavy (non-hydrogen) atoms. The van der Waals surface area contributed by atoms with Gasteiger partial charge in [0.25, 0.3) is 10.0 Å². The molecule has 154 valence electrons. The van der Waals surface area contributed by atoms with Crippen molar-refractivity contribution in [3.05, 3.63) is 66.2 Å². The Morgan fingerprint density at radius 2 is 1.77 bits per heavy atom. The second-order valence-electron chi connectivity index (χ2n) is 7.55. The molecule has 0 bridgehead atoms. The third-order valence-corrected chi connectivity index (χ3v) is 7.07. The summed E-state index contributed by atoms with van der Waals surface area (Å²) in [4.78, 5) is 24.6. The van der Waals surface area contributed by atoms with Crippen LogP contribution in [0.1, 0.15) is 24.2 Å². The fourth-order valence-electron chi connectivity index (χ4n) is 3.82. The molecule has 7 nitrogen and oxygen atoms in total. The summed E-state index contributed by atoms with van der Waals surface area (Å²) < 4.78 is 29.0. The fourth-order valence-corrected chi connectivity index (χ4v) is 5.81. The first kappa shape index (κ1) is 19.9. The van der Waals surface area contributed by atoms with Gasteiger partial charge in [-0.3, -0.25) is 13.9 Å². The van der Waals surface area contributed by atoms with Gasteiger partial charge in [0.1, 0.15) is 6.04 Å². The van der Waals surface area contributed by atoms with Crippen molar-refractivity contribution < 1.29 is 18.0 Å². The maximum absolute atomic E-state index is 13.9. The summed E-state index contributed by atoms with van der Waals surface area (Å²) in [6.07, 6.45) is 0. The van der Waals surface area contributed by atoms with Crippen molar-refractivity contribution in [3.8, 4) is 0 Å². The summed E-state index contributed by atoms with van der Waals surface area (Å²) in [5, 5.41) is 4.08. The molecule has 0 radical (unpaired) electrons. The van der Waals surface area contributed by atoms with Crippen LogP contribution < -0.4 is 15.4 Å². The van der Waals surface area contributed by atoms with Gasteiger partial charge in [0.05, 0.1) is 16.3 Å². The summed E-state index contributed by atoms with van der Waals surface area (Å²) in [6, 6.07) is 15.7. The maximum Gasteiger partial charge on any atom is 0.265 e. The van der Waals surface area contributed by atoms with Crippen LogP contribution in [0.25, 0.3) is 10.8 Å². The number of primary amides is 1. The summed E-state index contributed by atoms with van der Waals surface area (Å²) in [6.45, 7) is 3.58. The van der Waals surface area contributed by atoms with Crippen molar-refractivity contribution >= 4 is 44.0 Å². The van der Waals surface area contributed by atoms with Crippen molar-refractivity contribution in [2.24, 2.45) is 11.7 Å². The van der Waals surface area contributed by atoms with E-state index in [4.69, 9.17) is 5.73 Å². The first-order chi connectivity index (χ1) is 14.2. The molecule has 0 aromatic heterocycles. The Morgan fingerprint density at radius 1 is 1.07 bits per heavy atom. The number of nitrogens with one attached hydrogen (secondary N) is 1. The molecular formula is C22H21N3O4S. The number of nitrogens with zero attached hydrogens (tertiary/aromatic N) is 1. The van der Waals surface area contributed by atoms with Gasteiger partial charge in [0, 0.05) is 10.9 Å². The molecule has 3 aromatic rings. The zero-order chi connectivity index (χ0) is 21.6. The molecule has 0 saturated heterocycles. The standard InChI is InChI=1S/C22H21N3O4S/c1-13(2)20-22(27)24-17-12-15(21(23)26)10-11-18(17)25(20)30(28,29)19-9-5-7-14-6-3-4-8-16(14)19/h3-13,20H,1-2H3,(H2,23,26)(H,24,27). The van der Waals surface area contributed by atoms with E-state index in [2.05, 4.69) is 5.32 Å². The quantitative estimate of drug-likeness (QED) is 0.672. The van der Waals surface area contributed by atoms with Crippen molar-refractivity contribution in [2.75, 3.05) is 9.62 Å². The van der Waals surface area contributed by atoms with E-state index >= 15 is 0 Å². The lowest BCUT2D eigenvalue weighted by Gasteiger charge is -2.39. The molecule has 4 rings (SSSR count). The monoisotopic (exact) mass is 423 g/mol. The van der Waals surface area contributed by atoms with Crippen LogP contribution in [0.4, 0.5) is 11.4 Å². The summed E-state index contributed by atoms with van der Waals surface area (Å²) in [5.41, 5.74) is 6.06. The zero-order valence-corrected chi connectivity index (χ0v) is 17.3. The lowest BCUT2D eigenvalue weighted by Crippen LogP contribution is -2.53. The Morgan fingerprint density at radius 3 is 2.47 bits per heavy atom. The lowest BCUT2D eigenvalue weighted by molar-refractivity contribution is -0.118. The number of amides is 2. The Labute approximate surface area is 174 Å². The van der Waals surface area contributed by atoms with Gasteiger partial charge in [-0.15, -0.1) is 0 Å². The first-order valence-corrected chi connectivity index (χ1v) is 10.9. The van der Waals surface area contributed by atoms with Gasteiger partial charge in [0.2, 0.25) is 11.8 Å². The van der Waals surface area contributed by atoms with Gasteiger partial charge in [0.15, 0.2) is 0 Å². The molecule has 1 aliphatic rings. The number of fused-ring (bicyclic) bond motifs is 2. The van der Waals surface area contributed by atoms with Crippen LogP contribution in [0.3, 0.4) is 0 Å². The molecule has 0 saturated carbocycles. The van der Waals surface area contributed by atoms with Crippen molar-refractivity contribution in [1.82, 2.24) is 0 Å². The molecule has 1 atom stereocenters. The number of carbonyl (C=O) groups is 2. The van der Waals surface area contributed by atoms with Gasteiger partial charge >= 0.3 is 0 Å². The SMILES string of the molecule is CC(C)C1C(=O)Nc2cc(C(N)=O)ccc2N1S(=O)(=O)c1cccc2ccccc12. The van der Waals surface area contributed by atoms with Gasteiger partial charge in [-0.1, -0.05) is 50.2 Å². The largest absolute Gasteiger partial charge is 0.366 e. The second kappa shape index (κ2) is 7.14. The van der Waals surface area contributed by atoms with E-state index in [1.807, 2.05) is 18.2 Å². The van der Waals surface area contributed by atoms with Gasteiger partial charge in [-0.2, -0.15) is 0 Å². The van der Waals surface area contributed by atoms with Crippen molar-refractivity contribution in [2.45, 2.75) is 24.8 Å². The predicted molar refractivity (Wildman–Crippen MR) is 116 cm³/mol. The minimum absolute atomic E-state index is 0.117. The number of sulfonamides is 1. The maximum atomic E-state index is 13.9. The molecule has 0 aliphatic carbocycles. The third-order valence-electron chi connectivity index (χ3n) is 5.22. The number of benzene rings is 3. The Balaban J connectivity index is 1.98. The normalized spacial score (nSPS) is 16.4. The molecule has 3 N–H and O–H groups in total. The summed E-state index contributed by atoms with van der Waals surface area (Å²) in [7, 11) is -4.11. The number of rotatable bonds is 4. The van der Waals surface area contributed by atoms with E-state index in [0.29, 0.717) is 11.1 Å². The number of hydrogen-bond donors (Lipinski definition) is 2. The summed E-state index contributed by atoms with van der Waals surface area (Å²) in [5.74, 6) is -1.41. The minimum Gasteiger partial charge on any atom is -0.366 e. The highest BCUT2D eigenvalue weighted by Gasteiger charge is 2.43. The highest BCUT2D eigenvalue weighted by atomic mass is 32.2. The Bertz CT molecular complexity index is 1280. The van der Waals surface area contributed by atoms with Crippen LogP contribution in [0.2, 0.25) is 0 Å². The number of nitrogens with two attached hydrogens (primary N) is 1. The summed E-state index contributed by atoms with van der Waals surface area (Å²) >= 11 is 0. The fraction of sp³-hybridized carbons (Fsp3) is 0.182. The van der Waals surface area contributed by atoms with Crippen molar-refractivity contribution in [3.63, 3.8) is 0 Å². The highest BCUT2D eigenvalue weighted by Crippen LogP contribution is 2.40. The van der Waals surface area contributed by atoms with E-state index in [-0.39, 0.29) is 22.1 Å². The van der Waals surface area contributed by atoms with E-state index < -0.39 is 27.9 Å². The zero-order valence-electron chi connectivity index (χ0n) is 16.5. The van der Waals surface area contributed by atoms with Crippen LogP contribution in [-0.4, -0.2) is 26.3 Å². The van der Waals surface area contributed by atoms with E-state index in [1.54, 1.807) is 38.1 Å². The minimum atomic E-state index is -4.11.